The molecule has 0 heterocycles. The van der Waals surface area contributed by atoms with E-state index in [9.17, 15) is 14.4 Å². The lowest BCUT2D eigenvalue weighted by Crippen LogP contribution is -2.23. The molecule has 0 aromatic rings. The van der Waals surface area contributed by atoms with E-state index in [-0.39, 0.29) is 12.8 Å². The van der Waals surface area contributed by atoms with Crippen molar-refractivity contribution in [2.75, 3.05) is 0 Å². The Labute approximate surface area is 81.4 Å². The molecule has 1 atom stereocenters. The maximum atomic E-state index is 10.9. The van der Waals surface area contributed by atoms with Gasteiger partial charge >= 0.3 is 11.9 Å². The third-order valence-electron chi connectivity index (χ3n) is 1.34. The molecular weight excluding hydrogens is 188 g/mol. The first-order valence-corrected chi connectivity index (χ1v) is 3.88. The predicted octanol–water partition coefficient (Wildman–Crippen LogP) is 0.352. The molecule has 1 radical (unpaired) electrons. The summed E-state index contributed by atoms with van der Waals surface area (Å²) < 4.78 is 4.52. The SMILES string of the molecule is [CH2]C(OC(=O)CCC(=O)O)C(=O)C=C. The average Bonchev–Trinajstić information content (AvgIpc) is 2.13. The number of carbonyl (C=O) groups excluding carboxylic acids is 2. The Morgan fingerprint density at radius 3 is 2.36 bits per heavy atom. The van der Waals surface area contributed by atoms with E-state index in [4.69, 9.17) is 5.11 Å². The third-order valence-corrected chi connectivity index (χ3v) is 1.34. The maximum absolute atomic E-state index is 10.9. The van der Waals surface area contributed by atoms with Gasteiger partial charge in [-0.05, 0) is 13.0 Å². The number of esters is 1. The molecule has 0 fully saturated rings. The van der Waals surface area contributed by atoms with Crippen LogP contribution in [0.2, 0.25) is 0 Å². The van der Waals surface area contributed by atoms with Gasteiger partial charge in [-0.25, -0.2) is 0 Å². The molecule has 0 rings (SSSR count). The first-order chi connectivity index (χ1) is 6.47. The standard InChI is InChI=1S/C9H11O5/c1-3-7(10)6(2)14-9(13)5-4-8(11)12/h3,6H,1-2,4-5H2,(H,11,12). The number of hydrogen-bond donors (Lipinski definition) is 1. The van der Waals surface area contributed by atoms with Gasteiger partial charge in [-0.1, -0.05) is 6.58 Å². The first kappa shape index (κ1) is 12.3. The van der Waals surface area contributed by atoms with Crippen LogP contribution in [0.1, 0.15) is 12.8 Å². The van der Waals surface area contributed by atoms with E-state index in [1.807, 2.05) is 0 Å². The van der Waals surface area contributed by atoms with Gasteiger partial charge in [0.1, 0.15) is 0 Å². The number of ether oxygens (including phenoxy) is 1. The van der Waals surface area contributed by atoms with E-state index in [0.29, 0.717) is 0 Å². The summed E-state index contributed by atoms with van der Waals surface area (Å²) in [7, 11) is 0. The molecule has 0 aliphatic heterocycles. The van der Waals surface area contributed by atoms with Crippen molar-refractivity contribution in [2.45, 2.75) is 18.9 Å². The highest BCUT2D eigenvalue weighted by Crippen LogP contribution is 1.99. The number of carbonyl (C=O) groups is 3. The van der Waals surface area contributed by atoms with E-state index in [0.717, 1.165) is 6.08 Å². The summed E-state index contributed by atoms with van der Waals surface area (Å²) in [4.78, 5) is 31.8. The average molecular weight is 199 g/mol. The van der Waals surface area contributed by atoms with E-state index in [1.165, 1.54) is 0 Å². The van der Waals surface area contributed by atoms with Gasteiger partial charge in [-0.3, -0.25) is 14.4 Å². The zero-order chi connectivity index (χ0) is 11.1. The minimum absolute atomic E-state index is 0.272. The molecule has 5 nitrogen and oxygen atoms in total. The van der Waals surface area contributed by atoms with Crippen molar-refractivity contribution < 1.29 is 24.2 Å². The zero-order valence-corrected chi connectivity index (χ0v) is 7.56. The van der Waals surface area contributed by atoms with Crippen molar-refractivity contribution in [3.63, 3.8) is 0 Å². The zero-order valence-electron chi connectivity index (χ0n) is 7.56. The molecule has 5 heteroatoms. The summed E-state index contributed by atoms with van der Waals surface area (Å²) in [5.41, 5.74) is 0. The van der Waals surface area contributed by atoms with Gasteiger partial charge in [0.15, 0.2) is 11.9 Å². The molecule has 0 saturated heterocycles. The smallest absolute Gasteiger partial charge is 0.307 e. The van der Waals surface area contributed by atoms with Gasteiger partial charge < -0.3 is 9.84 Å². The van der Waals surface area contributed by atoms with Crippen molar-refractivity contribution in [1.29, 1.82) is 0 Å². The number of carboxylic acids is 1. The van der Waals surface area contributed by atoms with Crippen molar-refractivity contribution in [2.24, 2.45) is 0 Å². The molecule has 0 amide bonds. The normalized spacial score (nSPS) is 11.5. The van der Waals surface area contributed by atoms with Crippen LogP contribution < -0.4 is 0 Å². The number of ketones is 1. The molecule has 0 aliphatic rings. The van der Waals surface area contributed by atoms with Crippen LogP contribution >= 0.6 is 0 Å². The molecule has 1 unspecified atom stereocenters. The topological polar surface area (TPSA) is 80.7 Å². The summed E-state index contributed by atoms with van der Waals surface area (Å²) in [6, 6.07) is 0. The van der Waals surface area contributed by atoms with Crippen molar-refractivity contribution in [3.05, 3.63) is 19.6 Å². The van der Waals surface area contributed by atoms with E-state index in [1.54, 1.807) is 0 Å². The third kappa shape index (κ3) is 5.08. The molecule has 0 spiro atoms. The Bertz CT molecular complexity index is 256. The largest absolute Gasteiger partial charge is 0.481 e. The minimum atomic E-state index is -1.14. The number of rotatable bonds is 6. The van der Waals surface area contributed by atoms with Crippen LogP contribution in [0.3, 0.4) is 0 Å². The molecule has 14 heavy (non-hydrogen) atoms. The molecule has 1 N–H and O–H groups in total. The van der Waals surface area contributed by atoms with Crippen LogP contribution in [0.5, 0.6) is 0 Å². The number of carboxylic acid groups (broad SMARTS) is 1. The lowest BCUT2D eigenvalue weighted by molar-refractivity contribution is -0.153. The monoisotopic (exact) mass is 199 g/mol. The van der Waals surface area contributed by atoms with Gasteiger partial charge in [0.2, 0.25) is 0 Å². The minimum Gasteiger partial charge on any atom is -0.481 e. The lowest BCUT2D eigenvalue weighted by atomic mass is 10.2. The first-order valence-electron chi connectivity index (χ1n) is 3.88. The number of hydrogen-bond acceptors (Lipinski definition) is 4. The van der Waals surface area contributed by atoms with E-state index < -0.39 is 23.8 Å². The molecule has 0 bridgehead atoms. The second-order valence-corrected chi connectivity index (χ2v) is 2.48. The highest BCUT2D eigenvalue weighted by atomic mass is 16.5. The van der Waals surface area contributed by atoms with Crippen LogP contribution in [-0.2, 0) is 19.1 Å². The summed E-state index contributed by atoms with van der Waals surface area (Å²) in [6.07, 6.45) is -0.754. The highest BCUT2D eigenvalue weighted by molar-refractivity contribution is 5.95. The number of aliphatic carboxylic acids is 1. The van der Waals surface area contributed by atoms with Crippen LogP contribution in [0, 0.1) is 6.92 Å². The van der Waals surface area contributed by atoms with Gasteiger partial charge in [0.25, 0.3) is 0 Å². The van der Waals surface area contributed by atoms with Gasteiger partial charge in [0, 0.05) is 0 Å². The van der Waals surface area contributed by atoms with Gasteiger partial charge in [-0.2, -0.15) is 0 Å². The summed E-state index contributed by atoms with van der Waals surface area (Å²) in [6.45, 7) is 6.45. The summed E-state index contributed by atoms with van der Waals surface area (Å²) >= 11 is 0. The fraction of sp³-hybridized carbons (Fsp3) is 0.333. The Morgan fingerprint density at radius 2 is 1.93 bits per heavy atom. The highest BCUT2D eigenvalue weighted by Gasteiger charge is 2.15. The Hall–Kier alpha value is -1.65. The molecule has 0 aliphatic carbocycles. The van der Waals surface area contributed by atoms with Gasteiger partial charge in [-0.15, -0.1) is 0 Å². The van der Waals surface area contributed by atoms with E-state index in [2.05, 4.69) is 18.2 Å². The van der Waals surface area contributed by atoms with Crippen LogP contribution in [0.4, 0.5) is 0 Å². The van der Waals surface area contributed by atoms with Crippen LogP contribution in [0.15, 0.2) is 12.7 Å². The summed E-state index contributed by atoms with van der Waals surface area (Å²) in [5.74, 6) is -2.38. The van der Waals surface area contributed by atoms with Crippen molar-refractivity contribution >= 4 is 17.7 Å². The quantitative estimate of drug-likeness (QED) is 0.493. The molecule has 0 aromatic carbocycles. The maximum Gasteiger partial charge on any atom is 0.307 e. The van der Waals surface area contributed by atoms with Crippen LogP contribution in [-0.4, -0.2) is 28.9 Å². The Kier molecular flexibility index (Phi) is 5.21. The Morgan fingerprint density at radius 1 is 1.36 bits per heavy atom. The van der Waals surface area contributed by atoms with Gasteiger partial charge in [0.05, 0.1) is 12.8 Å². The fourth-order valence-electron chi connectivity index (χ4n) is 0.616. The second kappa shape index (κ2) is 5.90. The molecular formula is C9H11O5. The van der Waals surface area contributed by atoms with Crippen molar-refractivity contribution in [1.82, 2.24) is 0 Å². The van der Waals surface area contributed by atoms with Crippen molar-refractivity contribution in [3.8, 4) is 0 Å². The summed E-state index contributed by atoms with van der Waals surface area (Å²) in [5, 5.41) is 8.25. The molecule has 0 aromatic heterocycles. The molecule has 0 saturated carbocycles. The second-order valence-electron chi connectivity index (χ2n) is 2.48. The predicted molar refractivity (Wildman–Crippen MR) is 47.3 cm³/mol. The molecule has 77 valence electrons. The van der Waals surface area contributed by atoms with E-state index >= 15 is 0 Å². The Balaban J connectivity index is 3.88. The lowest BCUT2D eigenvalue weighted by Gasteiger charge is -2.08. The van der Waals surface area contributed by atoms with Crippen LogP contribution in [0.25, 0.3) is 0 Å². The fourth-order valence-corrected chi connectivity index (χ4v) is 0.616.